The van der Waals surface area contributed by atoms with Gasteiger partial charge in [0.05, 0.1) is 24.2 Å². The van der Waals surface area contributed by atoms with Crippen molar-refractivity contribution in [3.63, 3.8) is 0 Å². The van der Waals surface area contributed by atoms with E-state index in [0.29, 0.717) is 6.42 Å². The number of phenolic OH excluding ortho intramolecular Hbond substituents is 1. The zero-order valence-electron chi connectivity index (χ0n) is 63.2. The number of aliphatic hydroxyl groups is 4. The Bertz CT molecular complexity index is 3260. The molecule has 2 heterocycles. The number of guanidine groups is 2. The molecule has 3 rings (SSSR count). The maximum atomic E-state index is 15.5. The number of aliphatic hydroxyl groups excluding tert-OH is 4. The fraction of sp³-hybridized carbons (Fsp3) is 0.696. The summed E-state index contributed by atoms with van der Waals surface area (Å²) in [4.78, 5) is 197. The fourth-order valence-corrected chi connectivity index (χ4v) is 12.7. The number of aliphatic imine (C=N–C) groups is 2. The predicted octanol–water partition coefficient (Wildman–Crippen LogP) is -5.16. The second-order valence-electron chi connectivity index (χ2n) is 28.6. The van der Waals surface area contributed by atoms with Crippen LogP contribution in [0.4, 0.5) is 0 Å². The minimum absolute atomic E-state index is 0.00360. The van der Waals surface area contributed by atoms with Crippen LogP contribution in [-0.4, -0.2) is 249 Å². The largest absolute Gasteiger partial charge is 0.508 e. The van der Waals surface area contributed by atoms with Gasteiger partial charge in [0.1, 0.15) is 78.4 Å². The van der Waals surface area contributed by atoms with Crippen LogP contribution in [0.1, 0.15) is 158 Å². The molecule has 1 aromatic rings. The van der Waals surface area contributed by atoms with Crippen molar-refractivity contribution in [2.75, 3.05) is 33.8 Å². The smallest absolute Gasteiger partial charge is 0.329 e. The van der Waals surface area contributed by atoms with Gasteiger partial charge in [-0.15, -0.1) is 0 Å². The Labute approximate surface area is 622 Å². The highest BCUT2D eigenvalue weighted by Crippen LogP contribution is 2.29. The first kappa shape index (κ1) is 91.7. The number of amides is 12. The molecule has 602 valence electrons. The van der Waals surface area contributed by atoms with E-state index in [1.807, 2.05) is 13.8 Å². The summed E-state index contributed by atoms with van der Waals surface area (Å²) in [6, 6.07) is -12.1. The summed E-state index contributed by atoms with van der Waals surface area (Å²) in [5.41, 5.74) is 33.6. The molecule has 2 aliphatic rings. The van der Waals surface area contributed by atoms with Crippen molar-refractivity contribution >= 4 is 88.8 Å². The molecule has 2 saturated heterocycles. The summed E-state index contributed by atoms with van der Waals surface area (Å²) in [6.07, 6.45) is -12.5. The molecule has 25 N–H and O–H groups in total. The third kappa shape index (κ3) is 28.9. The van der Waals surface area contributed by atoms with Gasteiger partial charge in [0.25, 0.3) is 5.91 Å². The van der Waals surface area contributed by atoms with Crippen molar-refractivity contribution in [3.8, 4) is 5.75 Å². The number of carbonyl (C=O) groups excluding carboxylic acids is 13. The summed E-state index contributed by atoms with van der Waals surface area (Å²) >= 11 is 0. The monoisotopic (exact) mass is 1520 g/mol. The average molecular weight is 1520 g/mol. The van der Waals surface area contributed by atoms with Gasteiger partial charge in [-0.25, -0.2) is 4.79 Å². The highest BCUT2D eigenvalue weighted by molar-refractivity contribution is 5.99. The van der Waals surface area contributed by atoms with E-state index in [0.717, 1.165) is 23.6 Å². The number of ether oxygens (including phenoxy) is 2. The number of benzene rings is 1. The second-order valence-corrected chi connectivity index (χ2v) is 28.6. The molecule has 0 aliphatic carbocycles. The summed E-state index contributed by atoms with van der Waals surface area (Å²) in [6.45, 7) is 14.9. The molecular formula is C69H116N18O20. The number of nitrogens with two attached hydrogens (primary N) is 6. The number of nitrogens with one attached hydrogen (secondary N) is 8. The highest BCUT2D eigenvalue weighted by atomic mass is 16.5. The molecule has 38 heteroatoms. The van der Waals surface area contributed by atoms with Gasteiger partial charge in [0.15, 0.2) is 18.0 Å². The number of methoxy groups -OCH3 is 1. The molecule has 2 aliphatic heterocycles. The zero-order valence-corrected chi connectivity index (χ0v) is 63.2. The van der Waals surface area contributed by atoms with Crippen molar-refractivity contribution in [2.24, 2.45) is 74.0 Å². The molecule has 38 nitrogen and oxygen atoms in total. The molecule has 0 spiro atoms. The van der Waals surface area contributed by atoms with Crippen LogP contribution in [-0.2, 0) is 71.8 Å². The van der Waals surface area contributed by atoms with Crippen molar-refractivity contribution in [1.82, 2.24) is 52.3 Å². The van der Waals surface area contributed by atoms with Gasteiger partial charge in [0.2, 0.25) is 65.0 Å². The van der Waals surface area contributed by atoms with Crippen LogP contribution in [0.2, 0.25) is 0 Å². The lowest BCUT2D eigenvalue weighted by atomic mass is 9.87. The number of primary amides is 2. The lowest BCUT2D eigenvalue weighted by molar-refractivity contribution is -0.165. The third-order valence-corrected chi connectivity index (χ3v) is 18.6. The Kier molecular flexibility index (Phi) is 37.6. The van der Waals surface area contributed by atoms with Crippen LogP contribution in [0, 0.1) is 29.6 Å². The topological polar surface area (TPSA) is 625 Å². The summed E-state index contributed by atoms with van der Waals surface area (Å²) in [5, 5.41) is 75.9. The van der Waals surface area contributed by atoms with Crippen LogP contribution in [0.5, 0.6) is 5.75 Å². The number of hydrogen-bond acceptors (Lipinski definition) is 22. The number of fused-ring (bicyclic) bond motifs is 1. The number of cyclic esters (lactones) is 1. The first-order valence-corrected chi connectivity index (χ1v) is 35.9. The highest BCUT2D eigenvalue weighted by Gasteiger charge is 2.46. The van der Waals surface area contributed by atoms with Gasteiger partial charge in [-0.05, 0) is 126 Å². The van der Waals surface area contributed by atoms with Crippen LogP contribution in [0.25, 0.3) is 0 Å². The SMILES string of the molecule is COC(c1ccc(O)cc1)C1NC(=O)C(CCC(N)=O)N(C)C(=O)C(CC(C)C)NC(=O)C(CCCN=C(N)N)NC(=O)C(C(C)O)NC(=O)C(NC(=O)C(NC(=O)C(O)C(O)C(CCCN=C(N)N)NC(=O)C(C)NC(=O)C(C)C(O)C(C)CC(C)C)C(C)CC(N)=O)C(C)OC(=O)C2CCCCN2C1=O. The second kappa shape index (κ2) is 43.9. The molecule has 0 bridgehead atoms. The summed E-state index contributed by atoms with van der Waals surface area (Å²) in [7, 11) is 2.41. The molecule has 0 saturated carbocycles. The first-order valence-electron chi connectivity index (χ1n) is 35.9. The normalized spacial score (nSPS) is 23.4. The maximum absolute atomic E-state index is 15.5. The average Bonchev–Trinajstić information content (AvgIpc) is 0.803. The predicted molar refractivity (Wildman–Crippen MR) is 389 cm³/mol. The van der Waals surface area contributed by atoms with Crippen LogP contribution in [0.3, 0.4) is 0 Å². The Morgan fingerprint density at radius 3 is 1.81 bits per heavy atom. The number of esters is 1. The number of piperidine rings is 1. The van der Waals surface area contributed by atoms with Crippen LogP contribution >= 0.6 is 0 Å². The maximum Gasteiger partial charge on any atom is 0.329 e. The van der Waals surface area contributed by atoms with E-state index < -0.39 is 205 Å². The van der Waals surface area contributed by atoms with Gasteiger partial charge in [-0.1, -0.05) is 60.6 Å². The number of carbonyl (C=O) groups is 13. The van der Waals surface area contributed by atoms with E-state index in [4.69, 9.17) is 43.9 Å². The Morgan fingerprint density at radius 2 is 1.25 bits per heavy atom. The van der Waals surface area contributed by atoms with Crippen LogP contribution in [0.15, 0.2) is 34.3 Å². The van der Waals surface area contributed by atoms with Crippen molar-refractivity contribution < 1.29 is 97.3 Å². The molecule has 0 radical (unpaired) electrons. The van der Waals surface area contributed by atoms with Crippen molar-refractivity contribution in [1.29, 1.82) is 0 Å². The van der Waals surface area contributed by atoms with E-state index in [9.17, 15) is 63.9 Å². The number of nitrogens with zero attached hydrogens (tertiary/aromatic N) is 4. The van der Waals surface area contributed by atoms with Gasteiger partial charge in [-0.3, -0.25) is 67.5 Å². The van der Waals surface area contributed by atoms with Crippen molar-refractivity contribution in [2.45, 2.75) is 243 Å². The molecule has 19 atom stereocenters. The van der Waals surface area contributed by atoms with E-state index >= 15 is 24.0 Å². The first-order chi connectivity index (χ1) is 50.0. The van der Waals surface area contributed by atoms with E-state index in [1.54, 1.807) is 20.8 Å². The Hall–Kier alpha value is -9.53. The Balaban J connectivity index is 2.33. The summed E-state index contributed by atoms with van der Waals surface area (Å²) in [5.74, 6) is -18.0. The molecular weight excluding hydrogens is 1400 g/mol. The molecule has 0 aromatic heterocycles. The van der Waals surface area contributed by atoms with Gasteiger partial charge < -0.3 is 122 Å². The fourth-order valence-electron chi connectivity index (χ4n) is 12.7. The quantitative estimate of drug-likeness (QED) is 0.0133. The minimum Gasteiger partial charge on any atom is -0.508 e. The van der Waals surface area contributed by atoms with Gasteiger partial charge in [0, 0.05) is 46.6 Å². The van der Waals surface area contributed by atoms with Crippen LogP contribution < -0.4 is 76.9 Å². The standard InChI is InChI=1S/C69H116N18O20/c1-32(2)29-35(6)53(92)36(7)57(95)78-37(8)58(96)79-42(17-15-26-76-68(72)73)54(93)55(94)64(102)82-49(34(5)31-48(71)91)61(99)84-51-39(10)107-67(105)46-19-13-14-28-87(46)66(104)52(56(106-12)40-20-22-41(89)23-21-40)85-60(98)45(24-25-47(70)90)86(11)65(103)44(30-33(3)4)81-59(97)43(18-16-27-77-69(74)75)80-62(100)50(38(9)88)83-63(51)101/h20-23,32-39,42-46,49-56,88-89,92-94H,13-19,24-31H2,1-12H3,(H2,70,90)(H2,71,91)(H,78,95)(H,79,96)(H,80,100)(H,81,97)(H,82,102)(H,83,101)(H,84,99)(H,85,98)(H4,72,73,76)(H4,74,75,77). The van der Waals surface area contributed by atoms with E-state index in [2.05, 4.69) is 52.5 Å². The van der Waals surface area contributed by atoms with E-state index in [-0.39, 0.29) is 112 Å². The number of hydrogen-bond donors (Lipinski definition) is 19. The number of rotatable bonds is 34. The van der Waals surface area contributed by atoms with E-state index in [1.165, 1.54) is 59.2 Å². The number of phenols is 1. The summed E-state index contributed by atoms with van der Waals surface area (Å²) < 4.78 is 11.9. The molecule has 12 amide bonds. The number of likely N-dealkylation sites (N-methyl/N-ethyl adjacent to an activating group) is 1. The Morgan fingerprint density at radius 1 is 0.654 bits per heavy atom. The molecule has 107 heavy (non-hydrogen) atoms. The number of aromatic hydroxyl groups is 1. The van der Waals surface area contributed by atoms with Gasteiger partial charge >= 0.3 is 5.97 Å². The molecule has 1 aromatic carbocycles. The lowest BCUT2D eigenvalue weighted by Crippen LogP contribution is -2.65. The van der Waals surface area contributed by atoms with Crippen molar-refractivity contribution in [3.05, 3.63) is 29.8 Å². The third-order valence-electron chi connectivity index (χ3n) is 18.6. The zero-order chi connectivity index (χ0) is 81.0. The molecule has 2 fully saturated rings. The molecule has 19 unspecified atom stereocenters. The lowest BCUT2D eigenvalue weighted by Gasteiger charge is -2.39. The van der Waals surface area contributed by atoms with Gasteiger partial charge in [-0.2, -0.15) is 0 Å². The minimum atomic E-state index is -2.56.